The average molecular weight is 469 g/mol. The number of carboxylic acid groups (broad SMARTS) is 1. The van der Waals surface area contributed by atoms with E-state index in [4.69, 9.17) is 14.2 Å². The van der Waals surface area contributed by atoms with Gasteiger partial charge in [0.1, 0.15) is 5.75 Å². The van der Waals surface area contributed by atoms with Gasteiger partial charge >= 0.3 is 5.97 Å². The summed E-state index contributed by atoms with van der Waals surface area (Å²) in [6, 6.07) is 12.8. The number of ether oxygens (including phenoxy) is 3. The first-order valence-corrected chi connectivity index (χ1v) is 11.5. The van der Waals surface area contributed by atoms with Gasteiger partial charge in [-0.3, -0.25) is 14.5 Å². The van der Waals surface area contributed by atoms with E-state index in [-0.39, 0.29) is 24.7 Å². The molecule has 0 radical (unpaired) electrons. The first-order chi connectivity index (χ1) is 16.2. The third kappa shape index (κ3) is 4.82. The molecule has 1 amide bonds. The monoisotopic (exact) mass is 468 g/mol. The van der Waals surface area contributed by atoms with Crippen molar-refractivity contribution in [3.8, 4) is 17.2 Å². The Hall–Kier alpha value is -3.26. The zero-order valence-corrected chi connectivity index (χ0v) is 20.0. The number of hydrogen-bond acceptors (Lipinski definition) is 6. The summed E-state index contributed by atoms with van der Waals surface area (Å²) in [6.07, 6.45) is 0. The van der Waals surface area contributed by atoms with E-state index >= 15 is 0 Å². The minimum Gasteiger partial charge on any atom is -0.497 e. The van der Waals surface area contributed by atoms with Crippen molar-refractivity contribution in [3.05, 3.63) is 53.6 Å². The first-order valence-electron chi connectivity index (χ1n) is 11.5. The molecular weight excluding hydrogens is 436 g/mol. The highest BCUT2D eigenvalue weighted by molar-refractivity contribution is 5.81. The fraction of sp³-hybridized carbons (Fsp3) is 0.462. The molecule has 0 saturated carbocycles. The van der Waals surface area contributed by atoms with Gasteiger partial charge in [-0.2, -0.15) is 0 Å². The fourth-order valence-electron chi connectivity index (χ4n) is 4.72. The Kier molecular flexibility index (Phi) is 6.70. The van der Waals surface area contributed by atoms with Gasteiger partial charge in [0.05, 0.1) is 13.0 Å². The molecule has 8 nitrogen and oxygen atoms in total. The van der Waals surface area contributed by atoms with Crippen LogP contribution in [0.25, 0.3) is 0 Å². The Morgan fingerprint density at radius 1 is 1.09 bits per heavy atom. The van der Waals surface area contributed by atoms with Gasteiger partial charge in [0.2, 0.25) is 12.7 Å². The van der Waals surface area contributed by atoms with Gasteiger partial charge < -0.3 is 24.6 Å². The van der Waals surface area contributed by atoms with E-state index in [1.807, 2.05) is 63.2 Å². The molecule has 1 fully saturated rings. The molecule has 0 aromatic heterocycles. The number of amides is 1. The highest BCUT2D eigenvalue weighted by Crippen LogP contribution is 2.47. The van der Waals surface area contributed by atoms with Crippen LogP contribution in [0.2, 0.25) is 0 Å². The maximum absolute atomic E-state index is 12.6. The van der Waals surface area contributed by atoms with Crippen molar-refractivity contribution in [1.29, 1.82) is 0 Å². The van der Waals surface area contributed by atoms with Crippen molar-refractivity contribution < 1.29 is 28.9 Å². The number of carbonyl (C=O) groups excluding carboxylic acids is 1. The Balaban J connectivity index is 1.64. The molecule has 0 bridgehead atoms. The lowest BCUT2D eigenvalue weighted by Crippen LogP contribution is -2.40. The minimum atomic E-state index is -0.857. The predicted octanol–water partition coefficient (Wildman–Crippen LogP) is 3.43. The van der Waals surface area contributed by atoms with E-state index in [0.717, 1.165) is 11.1 Å². The molecule has 182 valence electrons. The van der Waals surface area contributed by atoms with Crippen molar-refractivity contribution in [2.75, 3.05) is 33.5 Å². The first kappa shape index (κ1) is 23.9. The van der Waals surface area contributed by atoms with Crippen LogP contribution in [0.15, 0.2) is 42.5 Å². The Morgan fingerprint density at radius 3 is 2.41 bits per heavy atom. The second kappa shape index (κ2) is 9.54. The predicted molar refractivity (Wildman–Crippen MR) is 126 cm³/mol. The van der Waals surface area contributed by atoms with E-state index in [9.17, 15) is 14.7 Å². The van der Waals surface area contributed by atoms with Crippen LogP contribution < -0.4 is 19.5 Å². The summed E-state index contributed by atoms with van der Waals surface area (Å²) in [4.78, 5) is 27.1. The van der Waals surface area contributed by atoms with E-state index in [1.54, 1.807) is 7.11 Å². The molecule has 3 unspecified atom stereocenters. The van der Waals surface area contributed by atoms with Crippen LogP contribution in [0, 0.1) is 11.3 Å². The number of benzene rings is 2. The number of fused-ring (bicyclic) bond motifs is 1. The molecule has 3 atom stereocenters. The van der Waals surface area contributed by atoms with E-state index in [0.29, 0.717) is 36.9 Å². The summed E-state index contributed by atoms with van der Waals surface area (Å²) < 4.78 is 16.2. The van der Waals surface area contributed by atoms with Crippen LogP contribution in [0.5, 0.6) is 17.2 Å². The molecule has 2 aromatic rings. The largest absolute Gasteiger partial charge is 0.497 e. The number of rotatable bonds is 7. The maximum atomic E-state index is 12.6. The Morgan fingerprint density at radius 2 is 1.76 bits per heavy atom. The molecule has 0 aliphatic carbocycles. The Labute approximate surface area is 199 Å². The van der Waals surface area contributed by atoms with Gasteiger partial charge in [-0.15, -0.1) is 0 Å². The van der Waals surface area contributed by atoms with Gasteiger partial charge in [0, 0.05) is 37.0 Å². The lowest BCUT2D eigenvalue weighted by Gasteiger charge is -2.28. The molecule has 4 rings (SSSR count). The smallest absolute Gasteiger partial charge is 0.309 e. The van der Waals surface area contributed by atoms with Crippen molar-refractivity contribution >= 4 is 11.9 Å². The van der Waals surface area contributed by atoms with Crippen molar-refractivity contribution in [2.45, 2.75) is 32.7 Å². The normalized spacial score (nSPS) is 21.9. The lowest BCUT2D eigenvalue weighted by molar-refractivity contribution is -0.143. The maximum Gasteiger partial charge on any atom is 0.309 e. The minimum absolute atomic E-state index is 0.0326. The number of likely N-dealkylation sites (tertiary alicyclic amines) is 1. The third-order valence-electron chi connectivity index (χ3n) is 6.53. The van der Waals surface area contributed by atoms with Crippen LogP contribution >= 0.6 is 0 Å². The molecule has 2 heterocycles. The highest BCUT2D eigenvalue weighted by Gasteiger charge is 2.47. The van der Waals surface area contributed by atoms with Crippen LogP contribution in [0.3, 0.4) is 0 Å². The summed E-state index contributed by atoms with van der Waals surface area (Å²) >= 11 is 0. The SMILES string of the molecule is COc1ccc(C2C(C(=O)O)C(c3ccc4c(c3)OCO4)CN2CCNC(=O)C(C)(C)C)cc1. The number of nitrogens with one attached hydrogen (secondary N) is 1. The van der Waals surface area contributed by atoms with Crippen LogP contribution in [-0.2, 0) is 9.59 Å². The van der Waals surface area contributed by atoms with E-state index in [1.165, 1.54) is 0 Å². The van der Waals surface area contributed by atoms with E-state index in [2.05, 4.69) is 10.2 Å². The van der Waals surface area contributed by atoms with Gasteiger partial charge in [-0.1, -0.05) is 39.0 Å². The number of nitrogens with zero attached hydrogens (tertiary/aromatic N) is 1. The zero-order valence-electron chi connectivity index (χ0n) is 20.0. The summed E-state index contributed by atoms with van der Waals surface area (Å²) in [7, 11) is 1.60. The molecule has 34 heavy (non-hydrogen) atoms. The van der Waals surface area contributed by atoms with Gasteiger partial charge in [0.25, 0.3) is 0 Å². The third-order valence-corrected chi connectivity index (χ3v) is 6.53. The second-order valence-electron chi connectivity index (χ2n) is 9.80. The highest BCUT2D eigenvalue weighted by atomic mass is 16.7. The van der Waals surface area contributed by atoms with Crippen molar-refractivity contribution in [1.82, 2.24) is 10.2 Å². The van der Waals surface area contributed by atoms with Crippen LogP contribution in [0.4, 0.5) is 0 Å². The van der Waals surface area contributed by atoms with Crippen LogP contribution in [0.1, 0.15) is 43.9 Å². The summed E-state index contributed by atoms with van der Waals surface area (Å²) in [5.74, 6) is 0.203. The lowest BCUT2D eigenvalue weighted by atomic mass is 9.82. The van der Waals surface area contributed by atoms with Gasteiger partial charge in [0.15, 0.2) is 11.5 Å². The average Bonchev–Trinajstić information content (AvgIpc) is 3.42. The second-order valence-corrected chi connectivity index (χ2v) is 9.80. The molecule has 8 heteroatoms. The standard InChI is InChI=1S/C26H32N2O6/c1-26(2,3)25(31)27-11-12-28-14-19(17-7-10-20-21(13-17)34-15-33-20)22(24(29)30)23(28)16-5-8-18(32-4)9-6-16/h5-10,13,19,22-23H,11-12,14-15H2,1-4H3,(H,27,31)(H,29,30). The van der Waals surface area contributed by atoms with Crippen molar-refractivity contribution in [3.63, 3.8) is 0 Å². The molecule has 2 aliphatic heterocycles. The molecule has 0 spiro atoms. The summed E-state index contributed by atoms with van der Waals surface area (Å²) in [5.41, 5.74) is 1.31. The van der Waals surface area contributed by atoms with Crippen molar-refractivity contribution in [2.24, 2.45) is 11.3 Å². The fourth-order valence-corrected chi connectivity index (χ4v) is 4.72. The number of hydrogen-bond donors (Lipinski definition) is 2. The number of carbonyl (C=O) groups is 2. The number of methoxy groups -OCH3 is 1. The van der Waals surface area contributed by atoms with Gasteiger partial charge in [-0.05, 0) is 35.4 Å². The summed E-state index contributed by atoms with van der Waals surface area (Å²) in [5, 5.41) is 13.3. The zero-order chi connectivity index (χ0) is 24.5. The number of aliphatic carboxylic acids is 1. The molecule has 2 aliphatic rings. The number of carboxylic acids is 1. The quantitative estimate of drug-likeness (QED) is 0.643. The van der Waals surface area contributed by atoms with Crippen LogP contribution in [-0.4, -0.2) is 55.4 Å². The topological polar surface area (TPSA) is 97.3 Å². The molecule has 2 aromatic carbocycles. The summed E-state index contributed by atoms with van der Waals surface area (Å²) in [6.45, 7) is 7.28. The Bertz CT molecular complexity index is 1050. The van der Waals surface area contributed by atoms with Gasteiger partial charge in [-0.25, -0.2) is 0 Å². The molecular formula is C26H32N2O6. The molecule has 1 saturated heterocycles. The molecule has 2 N–H and O–H groups in total. The van der Waals surface area contributed by atoms with E-state index < -0.39 is 17.3 Å².